The van der Waals surface area contributed by atoms with Crippen LogP contribution in [0.15, 0.2) is 12.4 Å². The Morgan fingerprint density at radius 3 is 3.06 bits per heavy atom. The molecule has 0 aliphatic carbocycles. The number of nitrogens with one attached hydrogen (secondary N) is 1. The van der Waals surface area contributed by atoms with Crippen molar-refractivity contribution in [1.82, 2.24) is 9.97 Å². The van der Waals surface area contributed by atoms with Gasteiger partial charge in [0, 0.05) is 13.2 Å². The average molecular weight is 237 g/mol. The fourth-order valence-electron chi connectivity index (χ4n) is 1.77. The van der Waals surface area contributed by atoms with Crippen LogP contribution in [0.1, 0.15) is 25.5 Å². The van der Waals surface area contributed by atoms with Crippen LogP contribution in [-0.2, 0) is 16.1 Å². The molecule has 0 amide bonds. The van der Waals surface area contributed by atoms with E-state index in [-0.39, 0.29) is 6.10 Å². The van der Waals surface area contributed by atoms with Gasteiger partial charge in [0.15, 0.2) is 0 Å². The van der Waals surface area contributed by atoms with Gasteiger partial charge in [-0.3, -0.25) is 4.98 Å². The molecule has 5 nitrogen and oxygen atoms in total. The standard InChI is InChI=1S/C12H19N3O2/c1-2-13-12-7-14-10(6-15-12)8-16-9-11-4-3-5-17-11/h6-7,11H,2-5,8-9H2,1H3,(H,13,15). The highest BCUT2D eigenvalue weighted by Gasteiger charge is 2.15. The highest BCUT2D eigenvalue weighted by molar-refractivity contribution is 5.30. The van der Waals surface area contributed by atoms with E-state index in [2.05, 4.69) is 15.3 Å². The maximum Gasteiger partial charge on any atom is 0.144 e. The van der Waals surface area contributed by atoms with Crippen molar-refractivity contribution in [2.45, 2.75) is 32.5 Å². The second-order valence-electron chi connectivity index (χ2n) is 4.07. The summed E-state index contributed by atoms with van der Waals surface area (Å²) in [5, 5.41) is 3.10. The number of ether oxygens (including phenoxy) is 2. The third-order valence-electron chi connectivity index (χ3n) is 2.64. The van der Waals surface area contributed by atoms with Gasteiger partial charge in [0.1, 0.15) is 5.82 Å². The quantitative estimate of drug-likeness (QED) is 0.814. The highest BCUT2D eigenvalue weighted by Crippen LogP contribution is 2.12. The normalized spacial score (nSPS) is 19.5. The predicted octanol–water partition coefficient (Wildman–Crippen LogP) is 1.60. The summed E-state index contributed by atoms with van der Waals surface area (Å²) in [7, 11) is 0. The van der Waals surface area contributed by atoms with E-state index in [0.717, 1.165) is 37.5 Å². The average Bonchev–Trinajstić information content (AvgIpc) is 2.85. The molecule has 0 radical (unpaired) electrons. The van der Waals surface area contributed by atoms with Crippen LogP contribution in [0.3, 0.4) is 0 Å². The SMILES string of the molecule is CCNc1cnc(COCC2CCCO2)cn1. The van der Waals surface area contributed by atoms with Crippen molar-refractivity contribution in [3.63, 3.8) is 0 Å². The van der Waals surface area contributed by atoms with Crippen molar-refractivity contribution >= 4 is 5.82 Å². The van der Waals surface area contributed by atoms with Gasteiger partial charge in [-0.1, -0.05) is 0 Å². The largest absolute Gasteiger partial charge is 0.376 e. The van der Waals surface area contributed by atoms with Gasteiger partial charge in [-0.15, -0.1) is 0 Å². The third-order valence-corrected chi connectivity index (χ3v) is 2.64. The van der Waals surface area contributed by atoms with Gasteiger partial charge >= 0.3 is 0 Å². The molecule has 1 aromatic rings. The lowest BCUT2D eigenvalue weighted by Crippen LogP contribution is -2.14. The van der Waals surface area contributed by atoms with Crippen LogP contribution in [0.5, 0.6) is 0 Å². The first-order chi connectivity index (χ1) is 8.38. The molecule has 0 saturated carbocycles. The van der Waals surface area contributed by atoms with Crippen molar-refractivity contribution in [2.24, 2.45) is 0 Å². The Labute approximate surface area is 102 Å². The van der Waals surface area contributed by atoms with E-state index in [4.69, 9.17) is 9.47 Å². The minimum Gasteiger partial charge on any atom is -0.376 e. The number of aromatic nitrogens is 2. The van der Waals surface area contributed by atoms with Crippen LogP contribution in [0, 0.1) is 0 Å². The molecule has 1 N–H and O–H groups in total. The van der Waals surface area contributed by atoms with Crippen LogP contribution >= 0.6 is 0 Å². The molecule has 1 fully saturated rings. The Hall–Kier alpha value is -1.20. The van der Waals surface area contributed by atoms with Gasteiger partial charge < -0.3 is 14.8 Å². The second kappa shape index (κ2) is 6.51. The summed E-state index contributed by atoms with van der Waals surface area (Å²) in [4.78, 5) is 8.50. The zero-order valence-corrected chi connectivity index (χ0v) is 10.2. The summed E-state index contributed by atoms with van der Waals surface area (Å²) in [5.41, 5.74) is 0.852. The first-order valence-corrected chi connectivity index (χ1v) is 6.12. The summed E-state index contributed by atoms with van der Waals surface area (Å²) in [6.07, 6.45) is 5.99. The molecule has 1 unspecified atom stereocenters. The number of nitrogens with zero attached hydrogens (tertiary/aromatic N) is 2. The maximum atomic E-state index is 5.56. The van der Waals surface area contributed by atoms with E-state index in [9.17, 15) is 0 Å². The smallest absolute Gasteiger partial charge is 0.144 e. The summed E-state index contributed by atoms with van der Waals surface area (Å²) in [5.74, 6) is 0.801. The van der Waals surface area contributed by atoms with Gasteiger partial charge in [0.2, 0.25) is 0 Å². The van der Waals surface area contributed by atoms with Gasteiger partial charge in [0.25, 0.3) is 0 Å². The first kappa shape index (κ1) is 12.3. The summed E-state index contributed by atoms with van der Waals surface area (Å²) in [6.45, 7) is 4.89. The van der Waals surface area contributed by atoms with Crippen LogP contribution in [-0.4, -0.2) is 35.8 Å². The third kappa shape index (κ3) is 3.94. The molecule has 1 aromatic heterocycles. The molecule has 1 atom stereocenters. The Kier molecular flexibility index (Phi) is 4.70. The summed E-state index contributed by atoms with van der Waals surface area (Å²) >= 11 is 0. The molecule has 0 aromatic carbocycles. The number of anilines is 1. The van der Waals surface area contributed by atoms with Gasteiger partial charge in [-0.2, -0.15) is 0 Å². The molecule has 1 aliphatic heterocycles. The number of hydrogen-bond acceptors (Lipinski definition) is 5. The van der Waals surface area contributed by atoms with Crippen molar-refractivity contribution in [3.05, 3.63) is 18.1 Å². The molecular weight excluding hydrogens is 218 g/mol. The van der Waals surface area contributed by atoms with Gasteiger partial charge in [-0.25, -0.2) is 4.98 Å². The lowest BCUT2D eigenvalue weighted by molar-refractivity contribution is 0.00958. The van der Waals surface area contributed by atoms with E-state index in [1.54, 1.807) is 12.4 Å². The zero-order valence-electron chi connectivity index (χ0n) is 10.2. The zero-order chi connectivity index (χ0) is 11.9. The van der Waals surface area contributed by atoms with E-state index >= 15 is 0 Å². The topological polar surface area (TPSA) is 56.3 Å². The second-order valence-corrected chi connectivity index (χ2v) is 4.07. The molecule has 17 heavy (non-hydrogen) atoms. The van der Waals surface area contributed by atoms with Crippen molar-refractivity contribution in [3.8, 4) is 0 Å². The minimum atomic E-state index is 0.268. The molecule has 94 valence electrons. The monoisotopic (exact) mass is 237 g/mol. The lowest BCUT2D eigenvalue weighted by Gasteiger charge is -2.09. The Morgan fingerprint density at radius 1 is 1.47 bits per heavy atom. The molecule has 0 bridgehead atoms. The fraction of sp³-hybridized carbons (Fsp3) is 0.667. The van der Waals surface area contributed by atoms with Crippen LogP contribution in [0.4, 0.5) is 5.82 Å². The Morgan fingerprint density at radius 2 is 2.41 bits per heavy atom. The number of rotatable bonds is 6. The molecule has 5 heteroatoms. The molecule has 2 rings (SSSR count). The van der Waals surface area contributed by atoms with Crippen LogP contribution < -0.4 is 5.32 Å². The predicted molar refractivity (Wildman–Crippen MR) is 64.8 cm³/mol. The lowest BCUT2D eigenvalue weighted by atomic mass is 10.2. The molecular formula is C12H19N3O2. The maximum absolute atomic E-state index is 5.56. The van der Waals surface area contributed by atoms with E-state index < -0.39 is 0 Å². The molecule has 1 saturated heterocycles. The Balaban J connectivity index is 1.70. The Bertz CT molecular complexity index is 323. The molecule has 1 aliphatic rings. The summed E-state index contributed by atoms with van der Waals surface area (Å²) < 4.78 is 11.0. The van der Waals surface area contributed by atoms with E-state index in [1.807, 2.05) is 6.92 Å². The molecule has 0 spiro atoms. The van der Waals surface area contributed by atoms with Crippen molar-refractivity contribution in [1.29, 1.82) is 0 Å². The van der Waals surface area contributed by atoms with E-state index in [0.29, 0.717) is 13.2 Å². The minimum absolute atomic E-state index is 0.268. The van der Waals surface area contributed by atoms with Crippen molar-refractivity contribution < 1.29 is 9.47 Å². The van der Waals surface area contributed by atoms with Gasteiger partial charge in [-0.05, 0) is 19.8 Å². The van der Waals surface area contributed by atoms with Crippen LogP contribution in [0.2, 0.25) is 0 Å². The first-order valence-electron chi connectivity index (χ1n) is 6.12. The fourth-order valence-corrected chi connectivity index (χ4v) is 1.77. The van der Waals surface area contributed by atoms with Crippen molar-refractivity contribution in [2.75, 3.05) is 25.1 Å². The molecule has 2 heterocycles. The highest BCUT2D eigenvalue weighted by atomic mass is 16.5. The van der Waals surface area contributed by atoms with Crippen LogP contribution in [0.25, 0.3) is 0 Å². The number of hydrogen-bond donors (Lipinski definition) is 1. The van der Waals surface area contributed by atoms with Gasteiger partial charge in [0.05, 0.1) is 37.4 Å². The summed E-state index contributed by atoms with van der Waals surface area (Å²) in [6, 6.07) is 0. The van der Waals surface area contributed by atoms with E-state index in [1.165, 1.54) is 0 Å².